The first-order valence-corrected chi connectivity index (χ1v) is 16.4. The first-order chi connectivity index (χ1) is 22.3. The van der Waals surface area contributed by atoms with E-state index in [9.17, 15) is 14.4 Å². The molecular formula is C35H31BrClN5O4. The number of amides is 1. The van der Waals surface area contributed by atoms with Crippen molar-refractivity contribution in [1.29, 1.82) is 0 Å². The zero-order valence-electron chi connectivity index (χ0n) is 25.1. The Morgan fingerprint density at radius 3 is 2.54 bits per heavy atom. The van der Waals surface area contributed by atoms with E-state index in [0.717, 1.165) is 29.8 Å². The summed E-state index contributed by atoms with van der Waals surface area (Å²) >= 11 is 9.67. The standard InChI is InChI=1S/C35H31BrClN5O4/c1-22(27-5-2-3-6-30(27)41-16-4-15-38-41)19-32(43)33-31-21-39(34(44)23-7-14-28(36)29(37)20-23)17-18-40(31)35(45)42(33)24-8-10-25(11-9-24)46-26-12-13-26/h2-11,14-16,20,22,26H,12-13,17-19,21H2,1H3/t22-/m1/s1. The predicted octanol–water partition coefficient (Wildman–Crippen LogP) is 6.81. The first-order valence-electron chi connectivity index (χ1n) is 15.3. The van der Waals surface area contributed by atoms with E-state index in [1.54, 1.807) is 38.5 Å². The molecule has 1 aliphatic heterocycles. The molecule has 1 fully saturated rings. The molecule has 3 heterocycles. The maximum atomic E-state index is 14.4. The molecule has 0 unspecified atom stereocenters. The van der Waals surface area contributed by atoms with E-state index < -0.39 is 0 Å². The Labute approximate surface area is 279 Å². The second-order valence-corrected chi connectivity index (χ2v) is 13.0. The van der Waals surface area contributed by atoms with Crippen molar-refractivity contribution in [3.05, 3.63) is 128 Å². The Morgan fingerprint density at radius 2 is 1.83 bits per heavy atom. The molecule has 2 aliphatic rings. The van der Waals surface area contributed by atoms with E-state index in [0.29, 0.717) is 33.0 Å². The summed E-state index contributed by atoms with van der Waals surface area (Å²) in [6.07, 6.45) is 6.05. The van der Waals surface area contributed by atoms with Gasteiger partial charge in [0.05, 0.1) is 34.7 Å². The van der Waals surface area contributed by atoms with E-state index in [1.165, 1.54) is 4.57 Å². The van der Waals surface area contributed by atoms with Crippen molar-refractivity contribution < 1.29 is 14.3 Å². The van der Waals surface area contributed by atoms with Gasteiger partial charge in [-0.15, -0.1) is 0 Å². The van der Waals surface area contributed by atoms with Gasteiger partial charge in [0.25, 0.3) is 5.91 Å². The highest BCUT2D eigenvalue weighted by Crippen LogP contribution is 2.31. The average Bonchev–Trinajstić information content (AvgIpc) is 3.60. The number of hydrogen-bond acceptors (Lipinski definition) is 5. The molecule has 0 saturated heterocycles. The van der Waals surface area contributed by atoms with Gasteiger partial charge in [-0.1, -0.05) is 36.7 Å². The molecule has 234 valence electrons. The summed E-state index contributed by atoms with van der Waals surface area (Å²) in [5, 5.41) is 4.83. The molecule has 1 amide bonds. The van der Waals surface area contributed by atoms with E-state index >= 15 is 0 Å². The summed E-state index contributed by atoms with van der Waals surface area (Å²) < 4.78 is 11.5. The number of carbonyl (C=O) groups excluding carboxylic acids is 2. The van der Waals surface area contributed by atoms with Crippen molar-refractivity contribution in [2.24, 2.45) is 0 Å². The van der Waals surface area contributed by atoms with Gasteiger partial charge in [0.2, 0.25) is 0 Å². The molecule has 0 spiro atoms. The summed E-state index contributed by atoms with van der Waals surface area (Å²) in [5.41, 5.74) is 3.36. The lowest BCUT2D eigenvalue weighted by Gasteiger charge is -2.28. The molecular weight excluding hydrogens is 670 g/mol. The van der Waals surface area contributed by atoms with Crippen LogP contribution in [0.15, 0.2) is 94.5 Å². The Balaban J connectivity index is 1.26. The Morgan fingerprint density at radius 1 is 1.04 bits per heavy atom. The molecule has 3 aromatic carbocycles. The van der Waals surface area contributed by atoms with Crippen LogP contribution >= 0.6 is 27.5 Å². The van der Waals surface area contributed by atoms with Crippen LogP contribution in [-0.2, 0) is 13.1 Å². The van der Waals surface area contributed by atoms with Crippen molar-refractivity contribution in [2.75, 3.05) is 6.54 Å². The molecule has 0 bridgehead atoms. The largest absolute Gasteiger partial charge is 0.490 e. The van der Waals surface area contributed by atoms with Crippen LogP contribution in [0.1, 0.15) is 64.2 Å². The molecule has 0 N–H and O–H groups in total. The van der Waals surface area contributed by atoms with Gasteiger partial charge in [-0.05, 0) is 94.9 Å². The topological polar surface area (TPSA) is 91.4 Å². The third kappa shape index (κ3) is 5.83. The molecule has 7 rings (SSSR count). The second-order valence-electron chi connectivity index (χ2n) is 11.8. The predicted molar refractivity (Wildman–Crippen MR) is 178 cm³/mol. The van der Waals surface area contributed by atoms with Crippen LogP contribution in [0.2, 0.25) is 5.02 Å². The van der Waals surface area contributed by atoms with E-state index in [1.807, 2.05) is 67.7 Å². The number of para-hydroxylation sites is 1. The number of Topliss-reactive ketones (excluding diaryl/α,β-unsaturated/α-hetero) is 1. The van der Waals surface area contributed by atoms with Crippen molar-refractivity contribution in [1.82, 2.24) is 23.8 Å². The van der Waals surface area contributed by atoms with Gasteiger partial charge in [0, 0.05) is 41.9 Å². The maximum Gasteiger partial charge on any atom is 0.333 e. The number of ether oxygens (including phenoxy) is 1. The zero-order chi connectivity index (χ0) is 31.9. The minimum absolute atomic E-state index is 0.108. The number of aromatic nitrogens is 4. The number of nitrogens with zero attached hydrogens (tertiary/aromatic N) is 5. The number of imidazole rings is 1. The zero-order valence-corrected chi connectivity index (χ0v) is 27.4. The minimum Gasteiger partial charge on any atom is -0.490 e. The normalized spacial score (nSPS) is 15.0. The minimum atomic E-state index is -0.308. The van der Waals surface area contributed by atoms with E-state index in [2.05, 4.69) is 21.0 Å². The first kappa shape index (κ1) is 30.3. The quantitative estimate of drug-likeness (QED) is 0.158. The summed E-state index contributed by atoms with van der Waals surface area (Å²) in [6, 6.07) is 22.1. The SMILES string of the molecule is C[C@H](CC(=O)c1c2n(c(=O)n1-c1ccc(OC3CC3)cc1)CCN(C(=O)c1ccc(Br)c(Cl)c1)C2)c1ccccc1-n1cccn1. The van der Waals surface area contributed by atoms with Crippen molar-refractivity contribution in [2.45, 2.75) is 51.3 Å². The summed E-state index contributed by atoms with van der Waals surface area (Å²) in [5.74, 6) is 0.132. The Hall–Kier alpha value is -4.41. The van der Waals surface area contributed by atoms with Gasteiger partial charge >= 0.3 is 5.69 Å². The molecule has 0 radical (unpaired) electrons. The van der Waals surface area contributed by atoms with Gasteiger partial charge < -0.3 is 9.64 Å². The number of fused-ring (bicyclic) bond motifs is 1. The van der Waals surface area contributed by atoms with Gasteiger partial charge in [-0.2, -0.15) is 5.10 Å². The number of benzene rings is 3. The molecule has 46 heavy (non-hydrogen) atoms. The number of halogens is 2. The van der Waals surface area contributed by atoms with Crippen LogP contribution in [0.25, 0.3) is 11.4 Å². The van der Waals surface area contributed by atoms with Crippen LogP contribution in [0.4, 0.5) is 0 Å². The summed E-state index contributed by atoms with van der Waals surface area (Å²) in [4.78, 5) is 43.7. The van der Waals surface area contributed by atoms with Crippen LogP contribution in [0.3, 0.4) is 0 Å². The fraction of sp³-hybridized carbons (Fsp3) is 0.257. The fourth-order valence-electron chi connectivity index (χ4n) is 6.03. The number of rotatable bonds is 9. The number of hydrogen-bond donors (Lipinski definition) is 0. The van der Waals surface area contributed by atoms with Crippen molar-refractivity contribution in [3.8, 4) is 17.1 Å². The van der Waals surface area contributed by atoms with Crippen LogP contribution < -0.4 is 10.4 Å². The van der Waals surface area contributed by atoms with Gasteiger partial charge in [-0.25, -0.2) is 9.48 Å². The summed E-state index contributed by atoms with van der Waals surface area (Å²) in [7, 11) is 0. The molecule has 1 saturated carbocycles. The van der Waals surface area contributed by atoms with E-state index in [4.69, 9.17) is 16.3 Å². The highest BCUT2D eigenvalue weighted by molar-refractivity contribution is 9.10. The average molecular weight is 701 g/mol. The summed E-state index contributed by atoms with van der Waals surface area (Å²) in [6.45, 7) is 2.69. The highest BCUT2D eigenvalue weighted by atomic mass is 79.9. The smallest absolute Gasteiger partial charge is 0.333 e. The third-order valence-corrected chi connectivity index (χ3v) is 9.76. The fourth-order valence-corrected chi connectivity index (χ4v) is 6.46. The lowest BCUT2D eigenvalue weighted by atomic mass is 9.92. The maximum absolute atomic E-state index is 14.4. The Kier molecular flexibility index (Phi) is 8.16. The third-order valence-electron chi connectivity index (χ3n) is 8.53. The second kappa shape index (κ2) is 12.4. The van der Waals surface area contributed by atoms with Crippen LogP contribution in [0, 0.1) is 0 Å². The van der Waals surface area contributed by atoms with Crippen molar-refractivity contribution in [3.63, 3.8) is 0 Å². The molecule has 11 heteroatoms. The molecule has 1 atom stereocenters. The monoisotopic (exact) mass is 699 g/mol. The molecule has 5 aromatic rings. The lowest BCUT2D eigenvalue weighted by molar-refractivity contribution is 0.0706. The van der Waals surface area contributed by atoms with Crippen molar-refractivity contribution >= 4 is 39.2 Å². The molecule has 9 nitrogen and oxygen atoms in total. The van der Waals surface area contributed by atoms with Gasteiger partial charge in [0.15, 0.2) is 5.78 Å². The molecule has 1 aliphatic carbocycles. The number of carbonyl (C=O) groups is 2. The van der Waals surface area contributed by atoms with Crippen LogP contribution in [0.5, 0.6) is 5.75 Å². The van der Waals surface area contributed by atoms with E-state index in [-0.39, 0.29) is 54.6 Å². The Bertz CT molecular complexity index is 2000. The van der Waals surface area contributed by atoms with Crippen LogP contribution in [-0.4, -0.2) is 48.2 Å². The lowest BCUT2D eigenvalue weighted by Crippen LogP contribution is -2.41. The van der Waals surface area contributed by atoms with Gasteiger partial charge in [-0.3, -0.25) is 18.7 Å². The number of ketones is 1. The highest BCUT2D eigenvalue weighted by Gasteiger charge is 2.33. The molecule has 2 aromatic heterocycles. The van der Waals surface area contributed by atoms with Gasteiger partial charge in [0.1, 0.15) is 11.4 Å².